The van der Waals surface area contributed by atoms with Gasteiger partial charge in [0.05, 0.1) is 0 Å². The van der Waals surface area contributed by atoms with E-state index in [1.807, 2.05) is 0 Å². The zero-order chi connectivity index (χ0) is 33.5. The van der Waals surface area contributed by atoms with Crippen LogP contribution in [0.15, 0.2) is 0 Å². The Bertz CT molecular complexity index is 865. The topological polar surface area (TPSA) is 27.7 Å². The Morgan fingerprint density at radius 2 is 0.659 bits per heavy atom. The second-order valence-electron chi connectivity index (χ2n) is 7.62. The maximum Gasteiger partial charge on any atom is 0.484 e. The Hall–Kier alpha value is -1.37. The minimum Gasteiger partial charge on any atom is -0.376 e. The molecule has 0 fully saturated rings. The standard InChI is InChI=1S/C16H15F21O3Si/c1-3-38-41(39-4-2)40-6-5-7(17,18)8(19,20)9(21,22)10(23,24)11(25,26)12(27,28)13(29,30)14(31,32)15(33,34)16(35,36)37/h41H,3-6H2,1-2H3. The SMILES string of the molecule is CCO[SiH](OCC)OCCC(F)(F)C(F)(F)C(F)(F)C(F)(F)C(F)(F)C(F)(F)C(F)(F)C(F)(F)C(F)(F)C(F)(F)F. The fraction of sp³-hybridized carbons (Fsp3) is 1.00. The second-order valence-corrected chi connectivity index (χ2v) is 9.19. The highest BCUT2D eigenvalue weighted by molar-refractivity contribution is 6.36. The third-order valence-corrected chi connectivity index (χ3v) is 6.57. The summed E-state index contributed by atoms with van der Waals surface area (Å²) in [7, 11) is -3.49. The molecule has 0 unspecified atom stereocenters. The molecular formula is C16H15F21O3Si. The lowest BCUT2D eigenvalue weighted by atomic mass is 9.86. The first kappa shape index (κ1) is 39.6. The van der Waals surface area contributed by atoms with Crippen LogP contribution in [0.1, 0.15) is 20.3 Å². The maximum absolute atomic E-state index is 13.8. The van der Waals surface area contributed by atoms with E-state index in [9.17, 15) is 92.2 Å². The van der Waals surface area contributed by atoms with Crippen LogP contribution in [0.25, 0.3) is 0 Å². The zero-order valence-corrected chi connectivity index (χ0v) is 20.7. The van der Waals surface area contributed by atoms with Gasteiger partial charge in [-0.15, -0.1) is 0 Å². The van der Waals surface area contributed by atoms with Gasteiger partial charge in [-0.2, -0.15) is 92.2 Å². The predicted molar refractivity (Wildman–Crippen MR) is 91.5 cm³/mol. The maximum atomic E-state index is 13.8. The number of hydrogen-bond acceptors (Lipinski definition) is 3. The third kappa shape index (κ3) is 6.04. The molecule has 0 rings (SSSR count). The molecule has 0 aromatic heterocycles. The number of hydrogen-bond donors (Lipinski definition) is 0. The van der Waals surface area contributed by atoms with Crippen molar-refractivity contribution in [1.29, 1.82) is 0 Å². The van der Waals surface area contributed by atoms with E-state index in [-0.39, 0.29) is 13.2 Å². The molecule has 0 N–H and O–H groups in total. The van der Waals surface area contributed by atoms with Crippen molar-refractivity contribution in [2.45, 2.75) is 79.7 Å². The van der Waals surface area contributed by atoms with E-state index in [4.69, 9.17) is 0 Å². The molecular weight excluding hydrogens is 667 g/mol. The van der Waals surface area contributed by atoms with E-state index >= 15 is 0 Å². The summed E-state index contributed by atoms with van der Waals surface area (Å²) >= 11 is 0. The molecule has 0 aliphatic carbocycles. The Labute approximate surface area is 215 Å². The first-order valence-corrected chi connectivity index (χ1v) is 11.5. The summed E-state index contributed by atoms with van der Waals surface area (Å²) in [4.78, 5) is 0. The fourth-order valence-electron chi connectivity index (χ4n) is 2.45. The molecule has 0 aliphatic rings. The van der Waals surface area contributed by atoms with Crippen molar-refractivity contribution in [3.63, 3.8) is 0 Å². The van der Waals surface area contributed by atoms with E-state index in [0.29, 0.717) is 0 Å². The van der Waals surface area contributed by atoms with Crippen molar-refractivity contribution in [2.75, 3.05) is 19.8 Å². The summed E-state index contributed by atoms with van der Waals surface area (Å²) in [5.74, 6) is -77.1. The minimum absolute atomic E-state index is 0.296. The first-order valence-electron chi connectivity index (χ1n) is 10.1. The van der Waals surface area contributed by atoms with Gasteiger partial charge in [-0.25, -0.2) is 0 Å². The van der Waals surface area contributed by atoms with E-state index in [1.165, 1.54) is 13.8 Å². The molecule has 0 atom stereocenters. The van der Waals surface area contributed by atoms with E-state index in [2.05, 4.69) is 13.3 Å². The van der Waals surface area contributed by atoms with Crippen molar-refractivity contribution < 1.29 is 105 Å². The number of alkyl halides is 21. The van der Waals surface area contributed by atoms with Gasteiger partial charge >= 0.3 is 69.0 Å². The van der Waals surface area contributed by atoms with Gasteiger partial charge in [0.1, 0.15) is 0 Å². The molecule has 3 nitrogen and oxygen atoms in total. The molecule has 0 amide bonds. The van der Waals surface area contributed by atoms with Crippen LogP contribution in [0.3, 0.4) is 0 Å². The summed E-state index contributed by atoms with van der Waals surface area (Å²) in [6.07, 6.45) is -10.9. The molecule has 0 saturated heterocycles. The average molecular weight is 682 g/mol. The van der Waals surface area contributed by atoms with Crippen molar-refractivity contribution in [2.24, 2.45) is 0 Å². The zero-order valence-electron chi connectivity index (χ0n) is 19.6. The normalized spacial score (nSPS) is 16.1. The molecule has 0 aromatic rings. The Morgan fingerprint density at radius 3 is 0.927 bits per heavy atom. The van der Waals surface area contributed by atoms with Crippen molar-refractivity contribution in [3.05, 3.63) is 0 Å². The molecule has 0 bridgehead atoms. The molecule has 0 heterocycles. The van der Waals surface area contributed by atoms with E-state index in [1.54, 1.807) is 0 Å². The van der Waals surface area contributed by atoms with Crippen LogP contribution in [0, 0.1) is 0 Å². The largest absolute Gasteiger partial charge is 0.484 e. The smallest absolute Gasteiger partial charge is 0.376 e. The minimum atomic E-state index is -9.19. The first-order chi connectivity index (χ1) is 17.7. The molecule has 248 valence electrons. The van der Waals surface area contributed by atoms with Gasteiger partial charge in [0.25, 0.3) is 0 Å². The van der Waals surface area contributed by atoms with E-state index in [0.717, 1.165) is 0 Å². The molecule has 25 heteroatoms. The van der Waals surface area contributed by atoms with Crippen molar-refractivity contribution >= 4 is 9.53 Å². The van der Waals surface area contributed by atoms with Crippen LogP contribution in [-0.2, 0) is 13.3 Å². The molecule has 41 heavy (non-hydrogen) atoms. The summed E-state index contributed by atoms with van der Waals surface area (Å²) in [5.41, 5.74) is 0. The van der Waals surface area contributed by atoms with Gasteiger partial charge in [0.2, 0.25) is 0 Å². The average Bonchev–Trinajstić information content (AvgIpc) is 2.77. The van der Waals surface area contributed by atoms with Crippen LogP contribution in [0.4, 0.5) is 92.2 Å². The Kier molecular flexibility index (Phi) is 11.2. The monoisotopic (exact) mass is 682 g/mol. The van der Waals surface area contributed by atoms with Gasteiger partial charge in [-0.1, -0.05) is 0 Å². The highest BCUT2D eigenvalue weighted by atomic mass is 28.3. The lowest BCUT2D eigenvalue weighted by Gasteiger charge is -2.44. The summed E-state index contributed by atoms with van der Waals surface area (Å²) in [6, 6.07) is 0. The van der Waals surface area contributed by atoms with Gasteiger partial charge in [-0.3, -0.25) is 0 Å². The molecule has 0 aromatic carbocycles. The van der Waals surface area contributed by atoms with Gasteiger partial charge in [0.15, 0.2) is 0 Å². The van der Waals surface area contributed by atoms with Crippen LogP contribution in [0.5, 0.6) is 0 Å². The molecule has 0 spiro atoms. The summed E-state index contributed by atoms with van der Waals surface area (Å²) < 4.78 is 293. The summed E-state index contributed by atoms with van der Waals surface area (Å²) in [6.45, 7) is -0.0174. The second kappa shape index (κ2) is 11.6. The lowest BCUT2D eigenvalue weighted by Crippen LogP contribution is -2.76. The van der Waals surface area contributed by atoms with Gasteiger partial charge in [0, 0.05) is 26.2 Å². The molecule has 0 aliphatic heterocycles. The van der Waals surface area contributed by atoms with Crippen LogP contribution in [0.2, 0.25) is 0 Å². The van der Waals surface area contributed by atoms with Crippen molar-refractivity contribution in [3.8, 4) is 0 Å². The number of halogens is 21. The van der Waals surface area contributed by atoms with Crippen LogP contribution < -0.4 is 0 Å². The molecule has 0 radical (unpaired) electrons. The Morgan fingerprint density at radius 1 is 0.390 bits per heavy atom. The van der Waals surface area contributed by atoms with E-state index < -0.39 is 82.0 Å². The highest BCUT2D eigenvalue weighted by Gasteiger charge is 2.97. The summed E-state index contributed by atoms with van der Waals surface area (Å²) in [5, 5.41) is 0. The highest BCUT2D eigenvalue weighted by Crippen LogP contribution is 2.66. The third-order valence-electron chi connectivity index (χ3n) is 4.85. The fourth-order valence-corrected chi connectivity index (χ4v) is 3.59. The number of rotatable bonds is 16. The Balaban J connectivity index is 6.64. The van der Waals surface area contributed by atoms with Crippen LogP contribution in [-0.4, -0.2) is 88.8 Å². The quantitative estimate of drug-likeness (QED) is 0.125. The van der Waals surface area contributed by atoms with Gasteiger partial charge < -0.3 is 13.3 Å². The van der Waals surface area contributed by atoms with Gasteiger partial charge in [-0.05, 0) is 13.8 Å². The lowest BCUT2D eigenvalue weighted by molar-refractivity contribution is -0.474. The molecule has 0 saturated carbocycles. The predicted octanol–water partition coefficient (Wildman–Crippen LogP) is 7.46. The van der Waals surface area contributed by atoms with Crippen LogP contribution >= 0.6 is 0 Å². The van der Waals surface area contributed by atoms with Crippen molar-refractivity contribution in [1.82, 2.24) is 0 Å².